The highest BCUT2D eigenvalue weighted by atomic mass is 16.6. The Balaban J connectivity index is 2.19. The second-order valence-corrected chi connectivity index (χ2v) is 10.5. The molecule has 5 unspecified atom stereocenters. The van der Waals surface area contributed by atoms with Gasteiger partial charge in [-0.05, 0) is 82.8 Å². The summed E-state index contributed by atoms with van der Waals surface area (Å²) in [4.78, 5) is 24.2. The number of allylic oxidation sites excluding steroid dienone is 3. The maximum absolute atomic E-state index is 13.4. The van der Waals surface area contributed by atoms with Crippen LogP contribution >= 0.6 is 0 Å². The van der Waals surface area contributed by atoms with E-state index in [1.807, 2.05) is 19.9 Å². The summed E-state index contributed by atoms with van der Waals surface area (Å²) in [5, 5.41) is 29.2. The summed E-state index contributed by atoms with van der Waals surface area (Å²) in [7, 11) is 0. The van der Waals surface area contributed by atoms with Crippen LogP contribution in [0.15, 0.2) is 23.8 Å². The molecule has 0 bridgehead atoms. The van der Waals surface area contributed by atoms with Crippen molar-refractivity contribution < 1.29 is 29.6 Å². The molecular formula is C27H44O6. The standard InChI is InChI=1S/C27H44O6/c1-5-14-26(3,15-6-2)25(32)33-27(4)16-13-19-9-7-8-10-22(19)23(27)12-11-20(28)17-21(29)18-24(30)31/h9,13,16,20-23,28-29H,5-8,10-12,14-15,17-18H2,1-4H3,(H,30,31). The van der Waals surface area contributed by atoms with Crippen LogP contribution in [-0.4, -0.2) is 45.1 Å². The number of carboxylic acids is 1. The van der Waals surface area contributed by atoms with Crippen LogP contribution in [0.2, 0.25) is 0 Å². The molecule has 2 rings (SSSR count). The van der Waals surface area contributed by atoms with Crippen LogP contribution in [0.25, 0.3) is 0 Å². The van der Waals surface area contributed by atoms with E-state index in [0.717, 1.165) is 44.9 Å². The first-order valence-corrected chi connectivity index (χ1v) is 12.7. The summed E-state index contributed by atoms with van der Waals surface area (Å²) in [6.45, 7) is 8.17. The molecule has 0 aliphatic heterocycles. The molecule has 2 aliphatic carbocycles. The van der Waals surface area contributed by atoms with E-state index >= 15 is 0 Å². The quantitative estimate of drug-likeness (QED) is 0.325. The Kier molecular flexibility index (Phi) is 10.2. The Hall–Kier alpha value is -1.66. The Labute approximate surface area is 199 Å². The monoisotopic (exact) mass is 464 g/mol. The van der Waals surface area contributed by atoms with Gasteiger partial charge in [-0.25, -0.2) is 0 Å². The summed E-state index contributed by atoms with van der Waals surface area (Å²) in [5.41, 5.74) is 0.0112. The number of rotatable bonds is 13. The number of hydrogen-bond donors (Lipinski definition) is 3. The van der Waals surface area contributed by atoms with Crippen molar-refractivity contribution in [3.63, 3.8) is 0 Å². The second-order valence-electron chi connectivity index (χ2n) is 10.5. The van der Waals surface area contributed by atoms with E-state index < -0.39 is 29.2 Å². The van der Waals surface area contributed by atoms with Crippen LogP contribution < -0.4 is 0 Å². The zero-order chi connectivity index (χ0) is 24.6. The summed E-state index contributed by atoms with van der Waals surface area (Å²) in [6, 6.07) is 0. The molecule has 0 heterocycles. The van der Waals surface area contributed by atoms with E-state index in [-0.39, 0.29) is 30.6 Å². The lowest BCUT2D eigenvalue weighted by molar-refractivity contribution is -0.173. The number of esters is 1. The number of aliphatic hydroxyl groups excluding tert-OH is 2. The minimum atomic E-state index is -1.08. The van der Waals surface area contributed by atoms with E-state index in [0.29, 0.717) is 12.8 Å². The van der Waals surface area contributed by atoms with Crippen LogP contribution in [-0.2, 0) is 14.3 Å². The lowest BCUT2D eigenvalue weighted by Crippen LogP contribution is -2.47. The lowest BCUT2D eigenvalue weighted by Gasteiger charge is -2.46. The smallest absolute Gasteiger partial charge is 0.312 e. The van der Waals surface area contributed by atoms with E-state index in [1.165, 1.54) is 5.57 Å². The molecule has 3 N–H and O–H groups in total. The largest absolute Gasteiger partial charge is 0.481 e. The molecule has 188 valence electrons. The summed E-state index contributed by atoms with van der Waals surface area (Å²) >= 11 is 0. The van der Waals surface area contributed by atoms with E-state index in [9.17, 15) is 19.8 Å². The molecule has 0 aromatic heterocycles. The molecule has 2 aliphatic rings. The molecule has 5 atom stereocenters. The van der Waals surface area contributed by atoms with Crippen molar-refractivity contribution in [2.45, 2.75) is 116 Å². The normalized spacial score (nSPS) is 26.8. The second kappa shape index (κ2) is 12.2. The van der Waals surface area contributed by atoms with Crippen LogP contribution in [0.1, 0.15) is 98.3 Å². The highest BCUT2D eigenvalue weighted by molar-refractivity contribution is 5.77. The number of carboxylic acid groups (broad SMARTS) is 1. The van der Waals surface area contributed by atoms with Crippen molar-refractivity contribution in [1.82, 2.24) is 0 Å². The molecule has 33 heavy (non-hydrogen) atoms. The molecule has 0 aromatic rings. The van der Waals surface area contributed by atoms with Gasteiger partial charge in [0.05, 0.1) is 24.0 Å². The van der Waals surface area contributed by atoms with Gasteiger partial charge in [0.15, 0.2) is 0 Å². The fourth-order valence-corrected chi connectivity index (χ4v) is 5.78. The molecule has 0 fully saturated rings. The Morgan fingerprint density at radius 2 is 1.88 bits per heavy atom. The first kappa shape index (κ1) is 27.6. The first-order chi connectivity index (χ1) is 15.5. The number of aliphatic carboxylic acids is 1. The number of carbonyl (C=O) groups excluding carboxylic acids is 1. The topological polar surface area (TPSA) is 104 Å². The average Bonchev–Trinajstić information content (AvgIpc) is 2.72. The Morgan fingerprint density at radius 3 is 2.48 bits per heavy atom. The van der Waals surface area contributed by atoms with Gasteiger partial charge in [-0.1, -0.05) is 38.8 Å². The highest BCUT2D eigenvalue weighted by Gasteiger charge is 2.47. The van der Waals surface area contributed by atoms with Gasteiger partial charge >= 0.3 is 11.9 Å². The predicted molar refractivity (Wildman–Crippen MR) is 129 cm³/mol. The molecule has 0 saturated heterocycles. The van der Waals surface area contributed by atoms with E-state index in [2.05, 4.69) is 26.0 Å². The summed E-state index contributed by atoms with van der Waals surface area (Å²) in [5.74, 6) is -0.937. The minimum absolute atomic E-state index is 0.0248. The van der Waals surface area contributed by atoms with Crippen LogP contribution in [0.3, 0.4) is 0 Å². The Bertz CT molecular complexity index is 720. The molecular weight excluding hydrogens is 420 g/mol. The number of carbonyl (C=O) groups is 2. The third kappa shape index (κ3) is 7.41. The van der Waals surface area contributed by atoms with Crippen molar-refractivity contribution in [2.75, 3.05) is 0 Å². The maximum atomic E-state index is 13.4. The molecule has 0 radical (unpaired) electrons. The SMILES string of the molecule is CCCC(C)(CCC)C(=O)OC1(C)C=CC2=CCCCC2C1CCC(O)CC(O)CC(=O)O. The zero-order valence-corrected chi connectivity index (χ0v) is 20.9. The zero-order valence-electron chi connectivity index (χ0n) is 20.9. The maximum Gasteiger partial charge on any atom is 0.312 e. The first-order valence-electron chi connectivity index (χ1n) is 12.7. The summed E-state index contributed by atoms with van der Waals surface area (Å²) in [6.07, 6.45) is 11.8. The van der Waals surface area contributed by atoms with E-state index in [4.69, 9.17) is 9.84 Å². The fraction of sp³-hybridized carbons (Fsp3) is 0.778. The van der Waals surface area contributed by atoms with Gasteiger partial charge in [0, 0.05) is 5.92 Å². The van der Waals surface area contributed by atoms with Gasteiger partial charge in [-0.2, -0.15) is 0 Å². The molecule has 0 aromatic carbocycles. The fourth-order valence-electron chi connectivity index (χ4n) is 5.78. The predicted octanol–water partition coefficient (Wildman–Crippen LogP) is 5.17. The molecule has 6 nitrogen and oxygen atoms in total. The van der Waals surface area contributed by atoms with E-state index in [1.54, 1.807) is 0 Å². The molecule has 6 heteroatoms. The number of fused-ring (bicyclic) bond motifs is 1. The third-order valence-electron chi connectivity index (χ3n) is 7.53. The number of hydrogen-bond acceptors (Lipinski definition) is 5. The van der Waals surface area contributed by atoms with Crippen molar-refractivity contribution >= 4 is 11.9 Å². The van der Waals surface area contributed by atoms with Crippen molar-refractivity contribution in [1.29, 1.82) is 0 Å². The van der Waals surface area contributed by atoms with Gasteiger partial charge in [0.25, 0.3) is 0 Å². The average molecular weight is 465 g/mol. The highest BCUT2D eigenvalue weighted by Crippen LogP contribution is 2.47. The molecule has 0 saturated carbocycles. The van der Waals surface area contributed by atoms with Crippen molar-refractivity contribution in [3.05, 3.63) is 23.8 Å². The van der Waals surface area contributed by atoms with Crippen LogP contribution in [0.5, 0.6) is 0 Å². The molecule has 0 amide bonds. The number of ether oxygens (including phenoxy) is 1. The van der Waals surface area contributed by atoms with Gasteiger partial charge in [0.1, 0.15) is 5.60 Å². The van der Waals surface area contributed by atoms with Crippen molar-refractivity contribution in [2.24, 2.45) is 17.3 Å². The number of aliphatic hydroxyl groups is 2. The molecule has 0 spiro atoms. The minimum Gasteiger partial charge on any atom is -0.481 e. The Morgan fingerprint density at radius 1 is 1.21 bits per heavy atom. The van der Waals surface area contributed by atoms with Crippen molar-refractivity contribution in [3.8, 4) is 0 Å². The van der Waals surface area contributed by atoms with Gasteiger partial charge < -0.3 is 20.1 Å². The van der Waals surface area contributed by atoms with Gasteiger partial charge in [0.2, 0.25) is 0 Å². The summed E-state index contributed by atoms with van der Waals surface area (Å²) < 4.78 is 6.32. The lowest BCUT2D eigenvalue weighted by atomic mass is 9.65. The van der Waals surface area contributed by atoms with Crippen LogP contribution in [0, 0.1) is 17.3 Å². The van der Waals surface area contributed by atoms with Gasteiger partial charge in [-0.15, -0.1) is 0 Å². The third-order valence-corrected chi connectivity index (χ3v) is 7.53. The van der Waals surface area contributed by atoms with Crippen LogP contribution in [0.4, 0.5) is 0 Å². The van der Waals surface area contributed by atoms with Gasteiger partial charge in [-0.3, -0.25) is 9.59 Å².